The first kappa shape index (κ1) is 13.1. The minimum atomic E-state index is -0.207. The van der Waals surface area contributed by atoms with Gasteiger partial charge >= 0.3 is 0 Å². The fraction of sp³-hybridized carbons (Fsp3) is 0.500. The fourth-order valence-corrected chi connectivity index (χ4v) is 1.86. The Hall–Kier alpha value is -1.39. The lowest BCUT2D eigenvalue weighted by molar-refractivity contribution is -0.121. The summed E-state index contributed by atoms with van der Waals surface area (Å²) in [5.41, 5.74) is 1.12. The number of hydrogen-bond acceptors (Lipinski definition) is 3. The van der Waals surface area contributed by atoms with E-state index in [1.54, 1.807) is 0 Å². The molecule has 3 N–H and O–H groups in total. The van der Waals surface area contributed by atoms with E-state index in [1.807, 2.05) is 30.3 Å². The van der Waals surface area contributed by atoms with Crippen molar-refractivity contribution in [2.24, 2.45) is 0 Å². The molecule has 0 heterocycles. The second kappa shape index (κ2) is 6.52. The molecule has 4 nitrogen and oxygen atoms in total. The summed E-state index contributed by atoms with van der Waals surface area (Å²) in [5, 5.41) is 15.3. The molecular weight excluding hydrogens is 228 g/mol. The Balaban J connectivity index is 1.75. The SMILES string of the molecule is O=C(CNC1CC1)N[C@@H](CO)Cc1ccccc1. The molecule has 0 aromatic heterocycles. The van der Waals surface area contributed by atoms with Crippen molar-refractivity contribution in [2.75, 3.05) is 13.2 Å². The van der Waals surface area contributed by atoms with Crippen LogP contribution in [0, 0.1) is 0 Å². The van der Waals surface area contributed by atoms with Gasteiger partial charge in [0.05, 0.1) is 19.2 Å². The molecule has 1 aliphatic carbocycles. The van der Waals surface area contributed by atoms with E-state index in [0.29, 0.717) is 19.0 Å². The molecular formula is C14H20N2O2. The monoisotopic (exact) mass is 248 g/mol. The Morgan fingerprint density at radius 2 is 2.06 bits per heavy atom. The number of carbonyl (C=O) groups excluding carboxylic acids is 1. The first-order valence-corrected chi connectivity index (χ1v) is 6.45. The molecule has 0 bridgehead atoms. The Morgan fingerprint density at radius 3 is 2.67 bits per heavy atom. The molecule has 0 radical (unpaired) electrons. The van der Waals surface area contributed by atoms with Gasteiger partial charge in [-0.25, -0.2) is 0 Å². The number of aliphatic hydroxyl groups is 1. The molecule has 2 rings (SSSR count). The molecule has 1 aliphatic rings. The summed E-state index contributed by atoms with van der Waals surface area (Å²) in [7, 11) is 0. The highest BCUT2D eigenvalue weighted by molar-refractivity contribution is 5.78. The summed E-state index contributed by atoms with van der Waals surface area (Å²) >= 11 is 0. The van der Waals surface area contributed by atoms with Gasteiger partial charge < -0.3 is 15.7 Å². The van der Waals surface area contributed by atoms with Crippen molar-refractivity contribution in [1.82, 2.24) is 10.6 Å². The molecule has 98 valence electrons. The smallest absolute Gasteiger partial charge is 0.234 e. The quantitative estimate of drug-likeness (QED) is 0.657. The summed E-state index contributed by atoms with van der Waals surface area (Å²) in [6.45, 7) is 0.306. The molecule has 4 heteroatoms. The highest BCUT2D eigenvalue weighted by Crippen LogP contribution is 2.17. The van der Waals surface area contributed by atoms with Crippen LogP contribution in [0.25, 0.3) is 0 Å². The topological polar surface area (TPSA) is 61.4 Å². The maximum Gasteiger partial charge on any atom is 0.234 e. The van der Waals surface area contributed by atoms with Crippen LogP contribution in [-0.2, 0) is 11.2 Å². The average Bonchev–Trinajstić information content (AvgIpc) is 3.21. The van der Waals surface area contributed by atoms with Gasteiger partial charge in [-0.1, -0.05) is 30.3 Å². The standard InChI is InChI=1S/C14H20N2O2/c17-10-13(8-11-4-2-1-3-5-11)16-14(18)9-15-12-6-7-12/h1-5,12-13,15,17H,6-10H2,(H,16,18)/t13-/m1/s1. The highest BCUT2D eigenvalue weighted by atomic mass is 16.3. The summed E-state index contributed by atoms with van der Waals surface area (Å²) in [6.07, 6.45) is 2.99. The molecule has 0 spiro atoms. The third-order valence-corrected chi connectivity index (χ3v) is 3.04. The van der Waals surface area contributed by atoms with Crippen molar-refractivity contribution >= 4 is 5.91 Å². The normalized spacial score (nSPS) is 16.3. The maximum absolute atomic E-state index is 11.7. The molecule has 1 aromatic rings. The summed E-state index contributed by atoms with van der Waals surface area (Å²) < 4.78 is 0. The van der Waals surface area contributed by atoms with Gasteiger partial charge in [0, 0.05) is 6.04 Å². The van der Waals surface area contributed by atoms with Gasteiger partial charge in [0.25, 0.3) is 0 Å². The Kier molecular flexibility index (Phi) is 4.73. The van der Waals surface area contributed by atoms with E-state index in [9.17, 15) is 9.90 Å². The van der Waals surface area contributed by atoms with Crippen molar-refractivity contribution < 1.29 is 9.90 Å². The molecule has 0 saturated heterocycles. The van der Waals surface area contributed by atoms with Crippen LogP contribution in [0.15, 0.2) is 30.3 Å². The molecule has 0 unspecified atom stereocenters. The van der Waals surface area contributed by atoms with E-state index in [2.05, 4.69) is 10.6 Å². The zero-order chi connectivity index (χ0) is 12.8. The van der Waals surface area contributed by atoms with Crippen LogP contribution in [0.3, 0.4) is 0 Å². The fourth-order valence-electron chi connectivity index (χ4n) is 1.86. The molecule has 1 aromatic carbocycles. The van der Waals surface area contributed by atoms with Crippen LogP contribution in [0.1, 0.15) is 18.4 Å². The van der Waals surface area contributed by atoms with E-state index in [-0.39, 0.29) is 18.6 Å². The van der Waals surface area contributed by atoms with Crippen molar-refractivity contribution in [3.63, 3.8) is 0 Å². The number of aliphatic hydroxyl groups excluding tert-OH is 1. The zero-order valence-corrected chi connectivity index (χ0v) is 10.4. The first-order valence-electron chi connectivity index (χ1n) is 6.45. The molecule has 1 atom stereocenters. The predicted octanol–water partition coefficient (Wildman–Crippen LogP) is 0.458. The van der Waals surface area contributed by atoms with E-state index >= 15 is 0 Å². The molecule has 18 heavy (non-hydrogen) atoms. The highest BCUT2D eigenvalue weighted by Gasteiger charge is 2.21. The van der Waals surface area contributed by atoms with E-state index < -0.39 is 0 Å². The second-order valence-corrected chi connectivity index (χ2v) is 4.79. The summed E-state index contributed by atoms with van der Waals surface area (Å²) in [4.78, 5) is 11.7. The van der Waals surface area contributed by atoms with E-state index in [4.69, 9.17) is 0 Å². The maximum atomic E-state index is 11.7. The molecule has 1 saturated carbocycles. The van der Waals surface area contributed by atoms with Gasteiger partial charge in [0.2, 0.25) is 5.91 Å². The summed E-state index contributed by atoms with van der Waals surface area (Å²) in [6, 6.07) is 10.2. The summed E-state index contributed by atoms with van der Waals surface area (Å²) in [5.74, 6) is -0.0446. The van der Waals surface area contributed by atoms with Gasteiger partial charge in [-0.15, -0.1) is 0 Å². The van der Waals surface area contributed by atoms with Crippen molar-refractivity contribution in [1.29, 1.82) is 0 Å². The van der Waals surface area contributed by atoms with Gasteiger partial charge in [0.1, 0.15) is 0 Å². The molecule has 1 fully saturated rings. The zero-order valence-electron chi connectivity index (χ0n) is 10.4. The number of amides is 1. The number of carbonyl (C=O) groups is 1. The van der Waals surface area contributed by atoms with Crippen LogP contribution in [0.2, 0.25) is 0 Å². The van der Waals surface area contributed by atoms with E-state index in [0.717, 1.165) is 5.56 Å². The number of rotatable bonds is 7. The van der Waals surface area contributed by atoms with Crippen LogP contribution < -0.4 is 10.6 Å². The van der Waals surface area contributed by atoms with Crippen molar-refractivity contribution in [2.45, 2.75) is 31.3 Å². The molecule has 1 amide bonds. The third kappa shape index (κ3) is 4.47. The van der Waals surface area contributed by atoms with Crippen LogP contribution in [-0.4, -0.2) is 36.2 Å². The van der Waals surface area contributed by atoms with E-state index in [1.165, 1.54) is 12.8 Å². The van der Waals surface area contributed by atoms with Crippen LogP contribution >= 0.6 is 0 Å². The third-order valence-electron chi connectivity index (χ3n) is 3.04. The lowest BCUT2D eigenvalue weighted by Crippen LogP contribution is -2.43. The number of nitrogens with one attached hydrogen (secondary N) is 2. The van der Waals surface area contributed by atoms with Gasteiger partial charge in [0.15, 0.2) is 0 Å². The number of hydrogen-bond donors (Lipinski definition) is 3. The number of benzene rings is 1. The lowest BCUT2D eigenvalue weighted by Gasteiger charge is -2.16. The van der Waals surface area contributed by atoms with Gasteiger partial charge in [-0.05, 0) is 24.8 Å². The average molecular weight is 248 g/mol. The Labute approximate surface area is 107 Å². The minimum absolute atomic E-state index is 0.0376. The Morgan fingerprint density at radius 1 is 1.33 bits per heavy atom. The largest absolute Gasteiger partial charge is 0.394 e. The minimum Gasteiger partial charge on any atom is -0.394 e. The van der Waals surface area contributed by atoms with Gasteiger partial charge in [-0.2, -0.15) is 0 Å². The molecule has 0 aliphatic heterocycles. The first-order chi connectivity index (χ1) is 8.78. The van der Waals surface area contributed by atoms with Crippen molar-refractivity contribution in [3.05, 3.63) is 35.9 Å². The predicted molar refractivity (Wildman–Crippen MR) is 70.2 cm³/mol. The van der Waals surface area contributed by atoms with Gasteiger partial charge in [-0.3, -0.25) is 4.79 Å². The lowest BCUT2D eigenvalue weighted by atomic mass is 10.1. The second-order valence-electron chi connectivity index (χ2n) is 4.79. The van der Waals surface area contributed by atoms with Crippen LogP contribution in [0.5, 0.6) is 0 Å². The van der Waals surface area contributed by atoms with Crippen molar-refractivity contribution in [3.8, 4) is 0 Å². The van der Waals surface area contributed by atoms with Crippen LogP contribution in [0.4, 0.5) is 0 Å². The Bertz CT molecular complexity index is 377.